The van der Waals surface area contributed by atoms with E-state index in [9.17, 15) is 14.4 Å². The summed E-state index contributed by atoms with van der Waals surface area (Å²) in [4.78, 5) is 45.5. The van der Waals surface area contributed by atoms with E-state index in [1.807, 2.05) is 13.8 Å². The molecule has 2 aromatic rings. The first-order chi connectivity index (χ1) is 16.9. The summed E-state index contributed by atoms with van der Waals surface area (Å²) in [5.74, 6) is 0.579. The topological polar surface area (TPSA) is 147 Å². The molecule has 0 bridgehead atoms. The fourth-order valence-corrected chi connectivity index (χ4v) is 4.47. The number of anilines is 1. The van der Waals surface area contributed by atoms with Crippen LogP contribution >= 0.6 is 0 Å². The molecule has 1 unspecified atom stereocenters. The second kappa shape index (κ2) is 10.7. The number of amides is 2. The monoisotopic (exact) mass is 479 g/mol. The van der Waals surface area contributed by atoms with E-state index in [1.165, 1.54) is 12.3 Å². The summed E-state index contributed by atoms with van der Waals surface area (Å²) >= 11 is 0. The zero-order valence-corrected chi connectivity index (χ0v) is 20.1. The fourth-order valence-electron chi connectivity index (χ4n) is 4.47. The Bertz CT molecular complexity index is 1160. The van der Waals surface area contributed by atoms with Gasteiger partial charge >= 0.3 is 0 Å². The molecule has 0 radical (unpaired) electrons. The van der Waals surface area contributed by atoms with Gasteiger partial charge in [0.25, 0.3) is 11.5 Å². The summed E-state index contributed by atoms with van der Waals surface area (Å²) in [7, 11) is 0. The number of nitrogens with zero attached hydrogens (tertiary/aromatic N) is 3. The standard InChI is InChI=1S/C25H33N7O3/c1-15(2)28-19(9-11-26)24(34)30-22(21(16-5-6-16)17-7-8-17)25(35)29-20-10-13-32(31-20)14-18-4-3-12-27-23(18)33/h3-4,9-13,15-17,21-22H,5-8,14,26H2,1-2H3,(H,27,33)(H,30,34)(H,29,31,35). The Hall–Kier alpha value is -3.69. The fraction of sp³-hybridized carbons (Fsp3) is 0.480. The second-order valence-electron chi connectivity index (χ2n) is 9.58. The normalized spacial score (nSPS) is 17.2. The minimum atomic E-state index is -0.701. The highest BCUT2D eigenvalue weighted by atomic mass is 16.2. The van der Waals surface area contributed by atoms with Gasteiger partial charge in [-0.25, -0.2) is 0 Å². The first-order valence-electron chi connectivity index (χ1n) is 12.1. The van der Waals surface area contributed by atoms with Crippen molar-refractivity contribution in [1.82, 2.24) is 20.1 Å². The van der Waals surface area contributed by atoms with Gasteiger partial charge in [-0.05, 0) is 75.6 Å². The number of carbonyl (C=O) groups excluding carboxylic acids is 2. The Morgan fingerprint density at radius 1 is 1.26 bits per heavy atom. The molecule has 5 N–H and O–H groups in total. The van der Waals surface area contributed by atoms with Crippen LogP contribution in [0.15, 0.2) is 52.7 Å². The summed E-state index contributed by atoms with van der Waals surface area (Å²) < 4.78 is 1.59. The number of rotatable bonds is 11. The van der Waals surface area contributed by atoms with Gasteiger partial charge in [0.1, 0.15) is 11.8 Å². The van der Waals surface area contributed by atoms with Crippen molar-refractivity contribution < 1.29 is 9.59 Å². The predicted octanol–water partition coefficient (Wildman–Crippen LogP) is 1.80. The summed E-state index contributed by atoms with van der Waals surface area (Å²) in [6.45, 7) is 4.02. The van der Waals surface area contributed by atoms with E-state index in [2.05, 4.69) is 25.7 Å². The first-order valence-corrected chi connectivity index (χ1v) is 12.1. The van der Waals surface area contributed by atoms with E-state index in [0.717, 1.165) is 25.7 Å². The van der Waals surface area contributed by atoms with E-state index < -0.39 is 11.9 Å². The molecule has 0 aromatic carbocycles. The molecule has 2 amide bonds. The molecule has 0 saturated heterocycles. The number of aromatic nitrogens is 3. The lowest BCUT2D eigenvalue weighted by Crippen LogP contribution is -2.51. The van der Waals surface area contributed by atoms with Gasteiger partial charge in [-0.3, -0.25) is 24.1 Å². The largest absolute Gasteiger partial charge is 0.405 e. The number of nitrogens with two attached hydrogens (primary N) is 1. The molecule has 2 aromatic heterocycles. The molecule has 2 heterocycles. The van der Waals surface area contributed by atoms with Crippen molar-refractivity contribution in [2.24, 2.45) is 28.5 Å². The molecule has 4 rings (SSSR count). The molecule has 186 valence electrons. The lowest BCUT2D eigenvalue weighted by Gasteiger charge is -2.27. The van der Waals surface area contributed by atoms with Gasteiger partial charge in [-0.15, -0.1) is 0 Å². The van der Waals surface area contributed by atoms with Crippen molar-refractivity contribution in [2.75, 3.05) is 5.32 Å². The van der Waals surface area contributed by atoms with Crippen LogP contribution in [0, 0.1) is 17.8 Å². The maximum atomic E-state index is 13.5. The Morgan fingerprint density at radius 3 is 2.57 bits per heavy atom. The third-order valence-corrected chi connectivity index (χ3v) is 6.29. The van der Waals surface area contributed by atoms with Crippen LogP contribution in [0.4, 0.5) is 5.82 Å². The third-order valence-electron chi connectivity index (χ3n) is 6.29. The molecule has 2 aliphatic rings. The summed E-state index contributed by atoms with van der Waals surface area (Å²) in [6, 6.07) is 4.37. The van der Waals surface area contributed by atoms with Crippen LogP contribution in [0.3, 0.4) is 0 Å². The minimum absolute atomic E-state index is 0.0751. The van der Waals surface area contributed by atoms with E-state index in [4.69, 9.17) is 5.73 Å². The van der Waals surface area contributed by atoms with Crippen LogP contribution in [0.2, 0.25) is 0 Å². The van der Waals surface area contributed by atoms with Crippen molar-refractivity contribution >= 4 is 23.3 Å². The number of hydrogen-bond acceptors (Lipinski definition) is 6. The molecular weight excluding hydrogens is 446 g/mol. The van der Waals surface area contributed by atoms with Crippen molar-refractivity contribution in [1.29, 1.82) is 0 Å². The van der Waals surface area contributed by atoms with E-state index in [1.54, 1.807) is 35.3 Å². The van der Waals surface area contributed by atoms with Gasteiger partial charge in [-0.2, -0.15) is 5.10 Å². The maximum Gasteiger partial charge on any atom is 0.270 e. The van der Waals surface area contributed by atoms with Crippen LogP contribution in [0.25, 0.3) is 0 Å². The van der Waals surface area contributed by atoms with Crippen molar-refractivity contribution in [3.63, 3.8) is 0 Å². The SMILES string of the molecule is CC(C)N=C(C=CN)C(=O)NC(C(=O)Nc1ccn(Cc2ccc[nH]c2=O)n1)C(C1CC1)C1CC1. The number of carbonyl (C=O) groups is 2. The highest BCUT2D eigenvalue weighted by molar-refractivity contribution is 6.43. The van der Waals surface area contributed by atoms with Crippen molar-refractivity contribution in [2.45, 2.75) is 58.2 Å². The van der Waals surface area contributed by atoms with E-state index >= 15 is 0 Å². The smallest absolute Gasteiger partial charge is 0.270 e. The van der Waals surface area contributed by atoms with Crippen LogP contribution in [0.1, 0.15) is 45.1 Å². The number of H-pyrrole nitrogens is 1. The average molecular weight is 480 g/mol. The number of aliphatic imine (C=N–C) groups is 1. The molecule has 0 aliphatic heterocycles. The molecule has 1 atom stereocenters. The molecule has 35 heavy (non-hydrogen) atoms. The van der Waals surface area contributed by atoms with Gasteiger partial charge in [0, 0.05) is 30.1 Å². The zero-order valence-electron chi connectivity index (χ0n) is 20.1. The van der Waals surface area contributed by atoms with Crippen LogP contribution in [-0.4, -0.2) is 44.4 Å². The number of hydrogen-bond donors (Lipinski definition) is 4. The van der Waals surface area contributed by atoms with Gasteiger partial charge in [0.15, 0.2) is 5.82 Å². The summed E-state index contributed by atoms with van der Waals surface area (Å²) in [5, 5.41) is 10.2. The van der Waals surface area contributed by atoms with Crippen LogP contribution in [-0.2, 0) is 16.1 Å². The van der Waals surface area contributed by atoms with Gasteiger partial charge in [0.2, 0.25) is 5.91 Å². The summed E-state index contributed by atoms with van der Waals surface area (Å²) in [6.07, 6.45) is 10.3. The Balaban J connectivity index is 1.51. The third kappa shape index (κ3) is 6.46. The van der Waals surface area contributed by atoms with Crippen LogP contribution < -0.4 is 21.9 Å². The first kappa shape index (κ1) is 24.4. The number of aromatic amines is 1. The lowest BCUT2D eigenvalue weighted by molar-refractivity contribution is -0.124. The van der Waals surface area contributed by atoms with Crippen LogP contribution in [0.5, 0.6) is 0 Å². The van der Waals surface area contributed by atoms with Gasteiger partial charge in [-0.1, -0.05) is 6.07 Å². The van der Waals surface area contributed by atoms with Crippen molar-refractivity contribution in [3.05, 3.63) is 58.8 Å². The Labute approximate surface area is 204 Å². The zero-order chi connectivity index (χ0) is 24.9. The quantitative estimate of drug-likeness (QED) is 0.363. The lowest BCUT2D eigenvalue weighted by atomic mass is 9.88. The number of nitrogens with one attached hydrogen (secondary N) is 3. The predicted molar refractivity (Wildman–Crippen MR) is 134 cm³/mol. The number of pyridine rings is 1. The molecule has 0 spiro atoms. The highest BCUT2D eigenvalue weighted by Crippen LogP contribution is 2.50. The molecular formula is C25H33N7O3. The molecule has 2 aliphatic carbocycles. The Morgan fingerprint density at radius 2 is 1.97 bits per heavy atom. The average Bonchev–Trinajstić information content (AvgIpc) is 3.75. The molecule has 10 nitrogen and oxygen atoms in total. The van der Waals surface area contributed by atoms with Gasteiger partial charge in [0.05, 0.1) is 6.54 Å². The maximum absolute atomic E-state index is 13.5. The molecule has 2 fully saturated rings. The van der Waals surface area contributed by atoms with Crippen molar-refractivity contribution in [3.8, 4) is 0 Å². The minimum Gasteiger partial charge on any atom is -0.405 e. The Kier molecular flexibility index (Phi) is 7.48. The van der Waals surface area contributed by atoms with E-state index in [-0.39, 0.29) is 35.7 Å². The molecule has 2 saturated carbocycles. The second-order valence-corrected chi connectivity index (χ2v) is 9.58. The van der Waals surface area contributed by atoms with Gasteiger partial charge < -0.3 is 21.4 Å². The highest BCUT2D eigenvalue weighted by Gasteiger charge is 2.48. The van der Waals surface area contributed by atoms with E-state index in [0.29, 0.717) is 23.2 Å². The molecule has 10 heteroatoms. The summed E-state index contributed by atoms with van der Waals surface area (Å²) in [5.41, 5.74) is 6.10.